The third kappa shape index (κ3) is 66.7. The Morgan fingerprint density at radius 1 is 0.341 bits per heavy atom. The van der Waals surface area contributed by atoms with Gasteiger partial charge in [-0.1, -0.05) is 344 Å². The predicted molar refractivity (Wildman–Crippen MR) is 361 cm³/mol. The molecule has 2 unspecified atom stereocenters. The number of esters is 1. The molecule has 2 atom stereocenters. The Labute approximate surface area is 511 Å². The first-order valence-electron chi connectivity index (χ1n) is 36.6. The van der Waals surface area contributed by atoms with E-state index >= 15 is 0 Å². The highest BCUT2D eigenvalue weighted by Crippen LogP contribution is 2.18. The zero-order valence-corrected chi connectivity index (χ0v) is 55.0. The van der Waals surface area contributed by atoms with Crippen LogP contribution in [-0.4, -0.2) is 47.4 Å². The maximum Gasteiger partial charge on any atom is 0.305 e. The van der Waals surface area contributed by atoms with Gasteiger partial charge in [0.1, 0.15) is 0 Å². The Hall–Kier alpha value is -2.44. The van der Waals surface area contributed by atoms with Gasteiger partial charge in [-0.15, -0.1) is 0 Å². The molecular weight excluding hydrogens is 1010 g/mol. The molecule has 0 saturated heterocycles. The number of ether oxygens (including phenoxy) is 1. The lowest BCUT2D eigenvalue weighted by Gasteiger charge is -2.20. The predicted octanol–water partition coefficient (Wildman–Crippen LogP) is 23.8. The van der Waals surface area contributed by atoms with Crippen molar-refractivity contribution in [3.05, 3.63) is 60.8 Å². The van der Waals surface area contributed by atoms with Crippen molar-refractivity contribution in [3.63, 3.8) is 0 Å². The van der Waals surface area contributed by atoms with Gasteiger partial charge in [0, 0.05) is 12.8 Å². The number of carbonyl (C=O) groups is 2. The van der Waals surface area contributed by atoms with Crippen LogP contribution in [0.25, 0.3) is 0 Å². The van der Waals surface area contributed by atoms with E-state index < -0.39 is 12.1 Å². The number of allylic oxidation sites excluding steroid dienone is 9. The van der Waals surface area contributed by atoms with E-state index in [0.29, 0.717) is 19.4 Å². The number of hydrogen-bond donors (Lipinski definition) is 3. The topological polar surface area (TPSA) is 95.9 Å². The molecule has 0 fully saturated rings. The van der Waals surface area contributed by atoms with E-state index in [1.165, 1.54) is 302 Å². The maximum absolute atomic E-state index is 12.5. The fourth-order valence-electron chi connectivity index (χ4n) is 11.2. The Kier molecular flexibility index (Phi) is 68.9. The zero-order chi connectivity index (χ0) is 59.2. The van der Waals surface area contributed by atoms with E-state index in [2.05, 4.69) is 67.8 Å². The lowest BCUT2D eigenvalue weighted by molar-refractivity contribution is -0.143. The van der Waals surface area contributed by atoms with Gasteiger partial charge in [0.05, 0.1) is 25.4 Å². The standard InChI is InChI=1S/C76H141NO5/c1-3-5-7-9-11-13-15-17-18-19-20-32-35-38-41-45-48-52-56-60-64-68-74(79)73(72-78)77-75(80)69-65-61-57-53-49-46-42-39-36-33-30-28-26-24-22-21-23-25-27-29-31-34-37-40-43-47-51-55-59-63-67-71-82-76(81)70-66-62-58-54-50-44-16-14-12-10-8-6-4-2/h8,10,14,16,23,25,29,31,64,68,73-74,78-79H,3-7,9,11-13,15,17-22,24,26-28,30,32-63,65-67,69-72H2,1-2H3,(H,77,80)/b10-8-,16-14-,25-23-,31-29-,68-64+. The van der Waals surface area contributed by atoms with Crippen molar-refractivity contribution >= 4 is 11.9 Å². The van der Waals surface area contributed by atoms with Gasteiger partial charge in [-0.05, 0) is 89.9 Å². The fraction of sp³-hybridized carbons (Fsp3) is 0.842. The van der Waals surface area contributed by atoms with E-state index in [1.807, 2.05) is 6.08 Å². The molecule has 0 aromatic heterocycles. The van der Waals surface area contributed by atoms with E-state index in [4.69, 9.17) is 4.74 Å². The van der Waals surface area contributed by atoms with Gasteiger partial charge in [-0.25, -0.2) is 0 Å². The van der Waals surface area contributed by atoms with Crippen LogP contribution in [0.1, 0.15) is 386 Å². The van der Waals surface area contributed by atoms with Crippen LogP contribution >= 0.6 is 0 Å². The quantitative estimate of drug-likeness (QED) is 0.0320. The molecule has 0 aliphatic carbocycles. The summed E-state index contributed by atoms with van der Waals surface area (Å²) < 4.78 is 5.47. The van der Waals surface area contributed by atoms with Crippen LogP contribution < -0.4 is 5.32 Å². The fourth-order valence-corrected chi connectivity index (χ4v) is 11.2. The molecule has 3 N–H and O–H groups in total. The summed E-state index contributed by atoms with van der Waals surface area (Å²) in [6.45, 7) is 4.86. The Balaban J connectivity index is 3.43. The minimum absolute atomic E-state index is 0.00263. The SMILES string of the molecule is CCC/C=C\C/C=C\CCCCCCCC(=O)OCCCCCCCCCCC/C=C\C/C=C\CCCCCCCCCCCCCCCCCC(=O)NC(CO)C(O)/C=C/CCCCCCCCCCCCCCCCCCCCC. The third-order valence-electron chi connectivity index (χ3n) is 16.7. The van der Waals surface area contributed by atoms with Crippen molar-refractivity contribution in [2.45, 2.75) is 398 Å². The van der Waals surface area contributed by atoms with E-state index in [9.17, 15) is 19.8 Å². The highest BCUT2D eigenvalue weighted by atomic mass is 16.5. The minimum atomic E-state index is -0.846. The van der Waals surface area contributed by atoms with Crippen LogP contribution in [0.15, 0.2) is 60.8 Å². The van der Waals surface area contributed by atoms with Crippen LogP contribution in [0.2, 0.25) is 0 Å². The Morgan fingerprint density at radius 3 is 0.976 bits per heavy atom. The van der Waals surface area contributed by atoms with Gasteiger partial charge in [-0.3, -0.25) is 9.59 Å². The number of aliphatic hydroxyl groups excluding tert-OH is 2. The van der Waals surface area contributed by atoms with E-state index in [0.717, 1.165) is 57.8 Å². The monoisotopic (exact) mass is 1150 g/mol. The molecule has 480 valence electrons. The molecule has 0 aromatic carbocycles. The van der Waals surface area contributed by atoms with Crippen molar-refractivity contribution in [1.29, 1.82) is 0 Å². The van der Waals surface area contributed by atoms with Gasteiger partial charge >= 0.3 is 5.97 Å². The molecular formula is C76H141NO5. The first-order valence-corrected chi connectivity index (χ1v) is 36.6. The summed E-state index contributed by atoms with van der Waals surface area (Å²) in [6.07, 6.45) is 94.5. The van der Waals surface area contributed by atoms with E-state index in [-0.39, 0.29) is 18.5 Å². The molecule has 0 aliphatic heterocycles. The number of amides is 1. The van der Waals surface area contributed by atoms with Crippen LogP contribution in [0.3, 0.4) is 0 Å². The molecule has 0 heterocycles. The molecule has 0 saturated carbocycles. The molecule has 0 aromatic rings. The zero-order valence-electron chi connectivity index (χ0n) is 55.0. The molecule has 1 amide bonds. The third-order valence-corrected chi connectivity index (χ3v) is 16.7. The maximum atomic E-state index is 12.5. The first kappa shape index (κ1) is 79.6. The molecule has 0 bridgehead atoms. The van der Waals surface area contributed by atoms with Gasteiger partial charge in [-0.2, -0.15) is 0 Å². The van der Waals surface area contributed by atoms with Crippen LogP contribution in [0.5, 0.6) is 0 Å². The average molecular weight is 1150 g/mol. The number of hydrogen-bond acceptors (Lipinski definition) is 5. The number of carbonyl (C=O) groups excluding carboxylic acids is 2. The van der Waals surface area contributed by atoms with Crippen LogP contribution in [0.4, 0.5) is 0 Å². The second-order valence-electron chi connectivity index (χ2n) is 24.9. The molecule has 6 heteroatoms. The second kappa shape index (κ2) is 71.0. The van der Waals surface area contributed by atoms with Crippen LogP contribution in [-0.2, 0) is 14.3 Å². The summed E-state index contributed by atoms with van der Waals surface area (Å²) in [4.78, 5) is 24.6. The van der Waals surface area contributed by atoms with Crippen molar-refractivity contribution in [2.75, 3.05) is 13.2 Å². The molecule has 0 spiro atoms. The highest BCUT2D eigenvalue weighted by Gasteiger charge is 2.18. The van der Waals surface area contributed by atoms with Crippen molar-refractivity contribution in [3.8, 4) is 0 Å². The van der Waals surface area contributed by atoms with Gasteiger partial charge in [0.2, 0.25) is 5.91 Å². The summed E-state index contributed by atoms with van der Waals surface area (Å²) >= 11 is 0. The molecule has 0 rings (SSSR count). The summed E-state index contributed by atoms with van der Waals surface area (Å²) in [5.41, 5.74) is 0. The lowest BCUT2D eigenvalue weighted by Crippen LogP contribution is -2.45. The second-order valence-corrected chi connectivity index (χ2v) is 24.9. The Morgan fingerprint density at radius 2 is 0.634 bits per heavy atom. The van der Waals surface area contributed by atoms with Crippen molar-refractivity contribution in [1.82, 2.24) is 5.32 Å². The number of rotatable bonds is 68. The van der Waals surface area contributed by atoms with Crippen molar-refractivity contribution < 1.29 is 24.5 Å². The summed E-state index contributed by atoms with van der Waals surface area (Å²) in [5.74, 6) is -0.0669. The first-order chi connectivity index (χ1) is 40.5. The number of aliphatic hydroxyl groups is 2. The average Bonchev–Trinajstić information content (AvgIpc) is 3.48. The highest BCUT2D eigenvalue weighted by molar-refractivity contribution is 5.76. The molecule has 0 radical (unpaired) electrons. The minimum Gasteiger partial charge on any atom is -0.466 e. The number of unbranched alkanes of at least 4 members (excludes halogenated alkanes) is 49. The summed E-state index contributed by atoms with van der Waals surface area (Å²) in [7, 11) is 0. The van der Waals surface area contributed by atoms with Gasteiger partial charge in [0.25, 0.3) is 0 Å². The molecule has 6 nitrogen and oxygen atoms in total. The smallest absolute Gasteiger partial charge is 0.305 e. The summed E-state index contributed by atoms with van der Waals surface area (Å²) in [6, 6.07) is -0.630. The lowest BCUT2D eigenvalue weighted by atomic mass is 10.0. The number of nitrogens with one attached hydrogen (secondary N) is 1. The van der Waals surface area contributed by atoms with Gasteiger partial charge in [0.15, 0.2) is 0 Å². The Bertz CT molecular complexity index is 1420. The van der Waals surface area contributed by atoms with Gasteiger partial charge < -0.3 is 20.3 Å². The summed E-state index contributed by atoms with van der Waals surface area (Å²) in [5, 5.41) is 23.3. The molecule has 0 aliphatic rings. The normalized spacial score (nSPS) is 12.9. The molecule has 82 heavy (non-hydrogen) atoms. The van der Waals surface area contributed by atoms with E-state index in [1.54, 1.807) is 6.08 Å². The largest absolute Gasteiger partial charge is 0.466 e. The van der Waals surface area contributed by atoms with Crippen LogP contribution in [0, 0.1) is 0 Å². The van der Waals surface area contributed by atoms with Crippen molar-refractivity contribution in [2.24, 2.45) is 0 Å².